The molecule has 2 aromatic heterocycles. The van der Waals surface area contributed by atoms with Crippen LogP contribution in [0.15, 0.2) is 39.5 Å². The largest absolute Gasteiger partial charge is 0.465 e. The first kappa shape index (κ1) is 24.1. The van der Waals surface area contributed by atoms with Crippen molar-refractivity contribution in [2.75, 3.05) is 20.2 Å². The van der Waals surface area contributed by atoms with Gasteiger partial charge in [-0.05, 0) is 50.1 Å². The summed E-state index contributed by atoms with van der Waals surface area (Å²) in [7, 11) is -2.38. The third-order valence-corrected chi connectivity index (χ3v) is 10.1. The summed E-state index contributed by atoms with van der Waals surface area (Å²) in [5.74, 6) is -1.30. The van der Waals surface area contributed by atoms with Crippen LogP contribution in [-0.2, 0) is 26.1 Å². The molecule has 33 heavy (non-hydrogen) atoms. The van der Waals surface area contributed by atoms with Crippen molar-refractivity contribution in [2.24, 2.45) is 10.9 Å². The van der Waals surface area contributed by atoms with Crippen LogP contribution in [0.1, 0.15) is 30.1 Å². The van der Waals surface area contributed by atoms with E-state index in [1.807, 2.05) is 17.6 Å². The van der Waals surface area contributed by atoms with Crippen molar-refractivity contribution < 1.29 is 22.7 Å². The second kappa shape index (κ2) is 9.67. The molecular formula is C21H22ClN3O5S3. The zero-order valence-electron chi connectivity index (χ0n) is 18.0. The predicted octanol–water partition coefficient (Wildman–Crippen LogP) is 3.75. The van der Waals surface area contributed by atoms with Crippen molar-refractivity contribution in [1.82, 2.24) is 8.87 Å². The molecule has 1 aromatic carbocycles. The summed E-state index contributed by atoms with van der Waals surface area (Å²) >= 11 is 8.23. The molecule has 1 saturated heterocycles. The minimum atomic E-state index is -3.70. The summed E-state index contributed by atoms with van der Waals surface area (Å²) in [6, 6.07) is 8.26. The Morgan fingerprint density at radius 2 is 2.03 bits per heavy atom. The van der Waals surface area contributed by atoms with Crippen LogP contribution in [-0.4, -0.2) is 49.4 Å². The molecule has 0 N–H and O–H groups in total. The molecule has 1 fully saturated rings. The van der Waals surface area contributed by atoms with Crippen molar-refractivity contribution in [3.8, 4) is 0 Å². The van der Waals surface area contributed by atoms with Gasteiger partial charge >= 0.3 is 5.97 Å². The lowest BCUT2D eigenvalue weighted by molar-refractivity contribution is -0.122. The van der Waals surface area contributed by atoms with Gasteiger partial charge in [0.15, 0.2) is 4.80 Å². The zero-order valence-corrected chi connectivity index (χ0v) is 21.2. The highest BCUT2D eigenvalue weighted by atomic mass is 35.5. The van der Waals surface area contributed by atoms with E-state index in [1.165, 1.54) is 28.8 Å². The number of esters is 1. The molecule has 8 nitrogen and oxygen atoms in total. The van der Waals surface area contributed by atoms with E-state index in [0.29, 0.717) is 40.6 Å². The van der Waals surface area contributed by atoms with Gasteiger partial charge in [0, 0.05) is 19.6 Å². The lowest BCUT2D eigenvalue weighted by atomic mass is 9.99. The van der Waals surface area contributed by atoms with Gasteiger partial charge in [-0.15, -0.1) is 11.3 Å². The normalized spacial score (nSPS) is 18.0. The fourth-order valence-electron chi connectivity index (χ4n) is 3.82. The molecule has 0 bridgehead atoms. The van der Waals surface area contributed by atoms with Crippen LogP contribution < -0.4 is 4.80 Å². The number of halogens is 1. The molecule has 1 aliphatic heterocycles. The molecule has 12 heteroatoms. The number of ether oxygens (including phenoxy) is 1. The molecule has 176 valence electrons. The van der Waals surface area contributed by atoms with E-state index in [4.69, 9.17) is 16.3 Å². The number of aromatic nitrogens is 1. The van der Waals surface area contributed by atoms with Crippen LogP contribution in [0.25, 0.3) is 10.2 Å². The van der Waals surface area contributed by atoms with Gasteiger partial charge in [0.25, 0.3) is 15.9 Å². The SMILES string of the molecule is CCn1c(=NC(=O)C2CCCN(S(=O)(=O)c3ccc(Cl)s3)C2)sc2cc(C(=O)OC)ccc21. The van der Waals surface area contributed by atoms with E-state index >= 15 is 0 Å². The number of aryl methyl sites for hydroxylation is 1. The smallest absolute Gasteiger partial charge is 0.337 e. The molecule has 1 aliphatic rings. The van der Waals surface area contributed by atoms with E-state index in [0.717, 1.165) is 21.6 Å². The number of benzene rings is 1. The predicted molar refractivity (Wildman–Crippen MR) is 128 cm³/mol. The maximum Gasteiger partial charge on any atom is 0.337 e. The molecule has 0 aliphatic carbocycles. The second-order valence-corrected chi connectivity index (χ2v) is 12.4. The van der Waals surface area contributed by atoms with Gasteiger partial charge in [0.05, 0.1) is 33.1 Å². The highest BCUT2D eigenvalue weighted by Gasteiger charge is 2.34. The summed E-state index contributed by atoms with van der Waals surface area (Å²) < 4.78 is 35.3. The minimum absolute atomic E-state index is 0.0870. The lowest BCUT2D eigenvalue weighted by Crippen LogP contribution is -2.42. The van der Waals surface area contributed by atoms with Gasteiger partial charge in [-0.25, -0.2) is 13.2 Å². The highest BCUT2D eigenvalue weighted by molar-refractivity contribution is 7.91. The first-order chi connectivity index (χ1) is 15.7. The number of carbonyl (C=O) groups excluding carboxylic acids is 2. The van der Waals surface area contributed by atoms with Gasteiger partial charge in [0.1, 0.15) is 4.21 Å². The van der Waals surface area contributed by atoms with Crippen molar-refractivity contribution in [2.45, 2.75) is 30.5 Å². The number of piperidine rings is 1. The van der Waals surface area contributed by atoms with Gasteiger partial charge in [-0.2, -0.15) is 9.30 Å². The number of hydrogen-bond donors (Lipinski definition) is 0. The molecule has 0 spiro atoms. The number of amides is 1. The average Bonchev–Trinajstić information content (AvgIpc) is 3.41. The van der Waals surface area contributed by atoms with E-state index in [1.54, 1.807) is 18.2 Å². The third-order valence-electron chi connectivity index (χ3n) is 5.50. The highest BCUT2D eigenvalue weighted by Crippen LogP contribution is 2.31. The molecule has 0 radical (unpaired) electrons. The Morgan fingerprint density at radius 3 is 2.70 bits per heavy atom. The fourth-order valence-corrected chi connectivity index (χ4v) is 8.12. The average molecular weight is 528 g/mol. The molecule has 3 aromatic rings. The number of nitrogens with zero attached hydrogens (tertiary/aromatic N) is 3. The van der Waals surface area contributed by atoms with Crippen molar-refractivity contribution in [3.05, 3.63) is 45.0 Å². The van der Waals surface area contributed by atoms with Crippen LogP contribution >= 0.6 is 34.3 Å². The van der Waals surface area contributed by atoms with Crippen molar-refractivity contribution in [3.63, 3.8) is 0 Å². The number of thiophene rings is 1. The first-order valence-corrected chi connectivity index (χ1v) is 13.8. The summed E-state index contributed by atoms with van der Waals surface area (Å²) in [5.41, 5.74) is 1.29. The molecule has 3 heterocycles. The monoisotopic (exact) mass is 527 g/mol. The van der Waals surface area contributed by atoms with E-state index in [9.17, 15) is 18.0 Å². The van der Waals surface area contributed by atoms with E-state index in [-0.39, 0.29) is 16.7 Å². The molecule has 1 amide bonds. The number of thiazole rings is 1. The van der Waals surface area contributed by atoms with Crippen LogP contribution in [0.3, 0.4) is 0 Å². The van der Waals surface area contributed by atoms with Crippen LogP contribution in [0, 0.1) is 5.92 Å². The zero-order chi connectivity index (χ0) is 23.8. The Hall–Kier alpha value is -2.05. The molecule has 4 rings (SSSR count). The van der Waals surface area contributed by atoms with E-state index in [2.05, 4.69) is 4.99 Å². The van der Waals surface area contributed by atoms with Gasteiger partial charge in [0.2, 0.25) is 0 Å². The quantitative estimate of drug-likeness (QED) is 0.471. The Kier molecular flexibility index (Phi) is 7.06. The molecular weight excluding hydrogens is 506 g/mol. The standard InChI is InChI=1S/C21H22ClN3O5S3/c1-3-25-15-7-6-13(20(27)30-2)11-16(15)31-21(25)23-19(26)14-5-4-10-24(12-14)33(28,29)18-9-8-17(22)32-18/h6-9,11,14H,3-5,10,12H2,1-2H3. The Morgan fingerprint density at radius 1 is 1.24 bits per heavy atom. The summed E-state index contributed by atoms with van der Waals surface area (Å²) in [5, 5.41) is 0. The number of sulfonamides is 1. The van der Waals surface area contributed by atoms with Crippen LogP contribution in [0.5, 0.6) is 0 Å². The molecule has 1 unspecified atom stereocenters. The number of fused-ring (bicyclic) bond motifs is 1. The van der Waals surface area contributed by atoms with Crippen molar-refractivity contribution in [1.29, 1.82) is 0 Å². The van der Waals surface area contributed by atoms with Gasteiger partial charge in [-0.1, -0.05) is 22.9 Å². The Bertz CT molecular complexity index is 1390. The lowest BCUT2D eigenvalue weighted by Gasteiger charge is -2.29. The van der Waals surface area contributed by atoms with Crippen LogP contribution in [0.2, 0.25) is 4.34 Å². The maximum atomic E-state index is 13.1. The summed E-state index contributed by atoms with van der Waals surface area (Å²) in [4.78, 5) is 29.8. The maximum absolute atomic E-state index is 13.1. The van der Waals surface area contributed by atoms with Gasteiger partial charge < -0.3 is 9.30 Å². The number of rotatable bonds is 5. The molecule has 0 saturated carbocycles. The second-order valence-electron chi connectivity index (χ2n) is 7.51. The summed E-state index contributed by atoms with van der Waals surface area (Å²) in [6.07, 6.45) is 1.15. The first-order valence-electron chi connectivity index (χ1n) is 10.3. The number of hydrogen-bond acceptors (Lipinski definition) is 7. The van der Waals surface area contributed by atoms with Crippen molar-refractivity contribution >= 4 is 66.4 Å². The number of methoxy groups -OCH3 is 1. The summed E-state index contributed by atoms with van der Waals surface area (Å²) in [6.45, 7) is 2.98. The topological polar surface area (TPSA) is 98.0 Å². The Balaban J connectivity index is 1.62. The number of carbonyl (C=O) groups is 2. The van der Waals surface area contributed by atoms with Gasteiger partial charge in [-0.3, -0.25) is 4.79 Å². The molecule has 1 atom stereocenters. The Labute approximate surface area is 204 Å². The third kappa shape index (κ3) is 4.78. The minimum Gasteiger partial charge on any atom is -0.465 e. The fraction of sp³-hybridized carbons (Fsp3) is 0.381. The van der Waals surface area contributed by atoms with E-state index < -0.39 is 21.9 Å². The van der Waals surface area contributed by atoms with Crippen LogP contribution in [0.4, 0.5) is 0 Å².